The Kier molecular flexibility index (Phi) is 29.4. The lowest BCUT2D eigenvalue weighted by molar-refractivity contribution is -0.161. The van der Waals surface area contributed by atoms with Crippen LogP contribution in [0.1, 0.15) is 181 Å². The zero-order chi connectivity index (χ0) is 31.2. The number of esters is 2. The van der Waals surface area contributed by atoms with Gasteiger partial charge in [0.25, 0.3) is 0 Å². The van der Waals surface area contributed by atoms with E-state index in [1.165, 1.54) is 116 Å². The van der Waals surface area contributed by atoms with Crippen LogP contribution in [0.3, 0.4) is 0 Å². The number of rotatable bonds is 32. The lowest BCUT2D eigenvalue weighted by Crippen LogP contribution is -2.29. The molecular formula is C33H65O8P. The molecule has 0 saturated carbocycles. The highest BCUT2D eigenvalue weighted by Crippen LogP contribution is 2.36. The highest BCUT2D eigenvalue weighted by Gasteiger charge is 2.22. The van der Waals surface area contributed by atoms with Crippen LogP contribution in [0, 0.1) is 0 Å². The topological polar surface area (TPSA) is 119 Å². The summed E-state index contributed by atoms with van der Waals surface area (Å²) >= 11 is 0. The summed E-state index contributed by atoms with van der Waals surface area (Å²) in [5.74, 6) is -0.876. The van der Waals surface area contributed by atoms with Crippen LogP contribution in [0.5, 0.6) is 0 Å². The molecule has 0 rings (SSSR count). The van der Waals surface area contributed by atoms with Crippen molar-refractivity contribution in [2.24, 2.45) is 0 Å². The highest BCUT2D eigenvalue weighted by molar-refractivity contribution is 7.46. The number of ether oxygens (including phenoxy) is 2. The molecule has 0 unspecified atom stereocenters. The zero-order valence-corrected chi connectivity index (χ0v) is 28.1. The minimum absolute atomic E-state index is 0.219. The van der Waals surface area contributed by atoms with E-state index in [1.807, 2.05) is 0 Å². The predicted molar refractivity (Wildman–Crippen MR) is 170 cm³/mol. The van der Waals surface area contributed by atoms with Crippen LogP contribution in [0.15, 0.2) is 0 Å². The van der Waals surface area contributed by atoms with Crippen LogP contribution >= 0.6 is 7.82 Å². The van der Waals surface area contributed by atoms with Gasteiger partial charge in [-0.05, 0) is 12.8 Å². The number of hydrogen-bond acceptors (Lipinski definition) is 6. The number of phosphoric acid groups is 1. The molecule has 0 radical (unpaired) electrons. The Morgan fingerprint density at radius 2 is 0.857 bits per heavy atom. The highest BCUT2D eigenvalue weighted by atomic mass is 31.2. The molecule has 0 spiro atoms. The Morgan fingerprint density at radius 1 is 0.524 bits per heavy atom. The molecule has 0 aromatic rings. The number of hydrogen-bond donors (Lipinski definition) is 2. The molecular weight excluding hydrogens is 555 g/mol. The molecule has 2 N–H and O–H groups in total. The second-order valence-corrected chi connectivity index (χ2v) is 13.1. The van der Waals surface area contributed by atoms with Crippen LogP contribution in [0.25, 0.3) is 0 Å². The molecule has 0 heterocycles. The van der Waals surface area contributed by atoms with Crippen molar-refractivity contribution in [1.29, 1.82) is 0 Å². The number of carbonyl (C=O) groups is 2. The van der Waals surface area contributed by atoms with E-state index in [0.717, 1.165) is 32.1 Å². The van der Waals surface area contributed by atoms with E-state index < -0.39 is 32.5 Å². The largest absolute Gasteiger partial charge is 0.469 e. The molecule has 0 aliphatic rings. The fourth-order valence-corrected chi connectivity index (χ4v) is 5.38. The SMILES string of the molecule is CCCCCCCCCCCCCCCC(=O)O[C@H](COC(=O)CCCCCCCCCCCCC)COP(=O)(O)O. The van der Waals surface area contributed by atoms with E-state index in [-0.39, 0.29) is 19.4 Å². The van der Waals surface area contributed by atoms with Crippen molar-refractivity contribution in [1.82, 2.24) is 0 Å². The Balaban J connectivity index is 3.97. The van der Waals surface area contributed by atoms with E-state index >= 15 is 0 Å². The van der Waals surface area contributed by atoms with Crippen molar-refractivity contribution in [2.75, 3.05) is 13.2 Å². The van der Waals surface area contributed by atoms with Gasteiger partial charge in [-0.3, -0.25) is 14.1 Å². The van der Waals surface area contributed by atoms with Crippen molar-refractivity contribution in [2.45, 2.75) is 187 Å². The third-order valence-electron chi connectivity index (χ3n) is 7.63. The van der Waals surface area contributed by atoms with Gasteiger partial charge in [0.05, 0.1) is 6.61 Å². The molecule has 0 aliphatic carbocycles. The molecule has 0 aromatic carbocycles. The summed E-state index contributed by atoms with van der Waals surface area (Å²) in [6.07, 6.45) is 28.2. The lowest BCUT2D eigenvalue weighted by Gasteiger charge is -2.18. The van der Waals surface area contributed by atoms with Gasteiger partial charge in [-0.15, -0.1) is 0 Å². The minimum Gasteiger partial charge on any atom is -0.462 e. The first-order chi connectivity index (χ1) is 20.3. The van der Waals surface area contributed by atoms with Gasteiger partial charge >= 0.3 is 19.8 Å². The Bertz CT molecular complexity index is 666. The van der Waals surface area contributed by atoms with Gasteiger partial charge in [0, 0.05) is 12.8 Å². The van der Waals surface area contributed by atoms with Crippen molar-refractivity contribution >= 4 is 19.8 Å². The van der Waals surface area contributed by atoms with Crippen molar-refractivity contribution in [3.63, 3.8) is 0 Å². The van der Waals surface area contributed by atoms with E-state index in [1.54, 1.807) is 0 Å². The van der Waals surface area contributed by atoms with Gasteiger partial charge in [0.15, 0.2) is 6.10 Å². The maximum absolute atomic E-state index is 12.3. The molecule has 0 bridgehead atoms. The number of unbranched alkanes of at least 4 members (excludes halogenated alkanes) is 22. The molecule has 0 aliphatic heterocycles. The van der Waals surface area contributed by atoms with Gasteiger partial charge in [-0.1, -0.05) is 155 Å². The van der Waals surface area contributed by atoms with Crippen molar-refractivity contribution in [3.05, 3.63) is 0 Å². The monoisotopic (exact) mass is 620 g/mol. The van der Waals surface area contributed by atoms with Crippen LogP contribution < -0.4 is 0 Å². The summed E-state index contributed by atoms with van der Waals surface area (Å²) in [7, 11) is -4.73. The molecule has 1 atom stereocenters. The van der Waals surface area contributed by atoms with Crippen LogP contribution in [-0.2, 0) is 28.2 Å². The zero-order valence-electron chi connectivity index (χ0n) is 27.2. The average Bonchev–Trinajstić information content (AvgIpc) is 2.95. The van der Waals surface area contributed by atoms with Crippen LogP contribution in [0.4, 0.5) is 0 Å². The van der Waals surface area contributed by atoms with E-state index in [4.69, 9.17) is 19.3 Å². The van der Waals surface area contributed by atoms with Crippen LogP contribution in [0.2, 0.25) is 0 Å². The van der Waals surface area contributed by atoms with E-state index in [0.29, 0.717) is 6.42 Å². The second-order valence-electron chi connectivity index (χ2n) is 11.9. The van der Waals surface area contributed by atoms with Gasteiger partial charge in [-0.25, -0.2) is 4.57 Å². The maximum atomic E-state index is 12.3. The van der Waals surface area contributed by atoms with E-state index in [9.17, 15) is 14.2 Å². The predicted octanol–water partition coefficient (Wildman–Crippen LogP) is 9.73. The molecule has 0 saturated heterocycles. The quantitative estimate of drug-likeness (QED) is 0.0433. The molecule has 0 aromatic heterocycles. The fraction of sp³-hybridized carbons (Fsp3) is 0.939. The lowest BCUT2D eigenvalue weighted by atomic mass is 10.0. The second kappa shape index (κ2) is 30.1. The molecule has 42 heavy (non-hydrogen) atoms. The van der Waals surface area contributed by atoms with Gasteiger partial charge < -0.3 is 19.3 Å². The third kappa shape index (κ3) is 32.0. The first-order valence-corrected chi connectivity index (χ1v) is 18.9. The summed E-state index contributed by atoms with van der Waals surface area (Å²) in [6, 6.07) is 0. The van der Waals surface area contributed by atoms with Crippen LogP contribution in [-0.4, -0.2) is 41.0 Å². The third-order valence-corrected chi connectivity index (χ3v) is 8.11. The Morgan fingerprint density at radius 3 is 1.21 bits per heavy atom. The molecule has 0 fully saturated rings. The molecule has 250 valence electrons. The normalized spacial score (nSPS) is 12.4. The van der Waals surface area contributed by atoms with Crippen molar-refractivity contribution < 1.29 is 37.9 Å². The van der Waals surface area contributed by atoms with Crippen molar-refractivity contribution in [3.8, 4) is 0 Å². The molecule has 0 amide bonds. The van der Waals surface area contributed by atoms with E-state index in [2.05, 4.69) is 18.4 Å². The summed E-state index contributed by atoms with van der Waals surface area (Å²) < 4.78 is 26.2. The summed E-state index contributed by atoms with van der Waals surface area (Å²) in [5.41, 5.74) is 0. The summed E-state index contributed by atoms with van der Waals surface area (Å²) in [5, 5.41) is 0. The van der Waals surface area contributed by atoms with Gasteiger partial charge in [0.2, 0.25) is 0 Å². The summed E-state index contributed by atoms with van der Waals surface area (Å²) in [6.45, 7) is 3.66. The first kappa shape index (κ1) is 41.0. The standard InChI is InChI=1S/C33H65O8P/c1-3-5-7-9-11-13-15-16-18-20-22-24-26-28-33(35)41-31(30-40-42(36,37)38)29-39-32(34)27-25-23-21-19-17-14-12-10-8-6-4-2/h31H,3-30H2,1-2H3,(H2,36,37,38)/t31-/m1/s1. The Hall–Kier alpha value is -0.950. The minimum atomic E-state index is -4.73. The Labute approximate surface area is 257 Å². The first-order valence-electron chi connectivity index (χ1n) is 17.3. The number of phosphoric ester groups is 1. The molecule has 8 nitrogen and oxygen atoms in total. The smallest absolute Gasteiger partial charge is 0.462 e. The van der Waals surface area contributed by atoms with Gasteiger partial charge in [-0.2, -0.15) is 0 Å². The van der Waals surface area contributed by atoms with Gasteiger partial charge in [0.1, 0.15) is 6.61 Å². The average molecular weight is 621 g/mol. The fourth-order valence-electron chi connectivity index (χ4n) is 5.02. The summed E-state index contributed by atoms with van der Waals surface area (Å²) in [4.78, 5) is 42.5. The molecule has 9 heteroatoms. The maximum Gasteiger partial charge on any atom is 0.469 e. The number of carbonyl (C=O) groups excluding carboxylic acids is 2.